The molecule has 0 bridgehead atoms. The maximum absolute atomic E-state index is 11.4. The van der Waals surface area contributed by atoms with Gasteiger partial charge in [0.15, 0.2) is 0 Å². The van der Waals surface area contributed by atoms with Crippen molar-refractivity contribution in [2.45, 2.75) is 40.0 Å². The molecule has 1 heterocycles. The van der Waals surface area contributed by atoms with Crippen LogP contribution in [0.15, 0.2) is 0 Å². The summed E-state index contributed by atoms with van der Waals surface area (Å²) in [5.41, 5.74) is -0.0633. The van der Waals surface area contributed by atoms with E-state index < -0.39 is 0 Å². The SMILES string of the molecule is CCCCCN1CC(C)(C)C1=O. The van der Waals surface area contributed by atoms with Crippen LogP contribution in [0, 0.1) is 5.41 Å². The molecule has 1 aliphatic heterocycles. The van der Waals surface area contributed by atoms with Gasteiger partial charge in [-0.3, -0.25) is 4.79 Å². The number of unbranched alkanes of at least 4 members (excludes halogenated alkanes) is 2. The van der Waals surface area contributed by atoms with Crippen molar-refractivity contribution in [3.8, 4) is 0 Å². The van der Waals surface area contributed by atoms with E-state index in [2.05, 4.69) is 6.92 Å². The number of nitrogens with zero attached hydrogens (tertiary/aromatic N) is 1. The van der Waals surface area contributed by atoms with Gasteiger partial charge in [-0.25, -0.2) is 0 Å². The maximum Gasteiger partial charge on any atom is 0.230 e. The summed E-state index contributed by atoms with van der Waals surface area (Å²) < 4.78 is 0. The van der Waals surface area contributed by atoms with Gasteiger partial charge in [0.1, 0.15) is 0 Å². The van der Waals surface area contributed by atoms with Gasteiger partial charge in [0, 0.05) is 13.1 Å². The van der Waals surface area contributed by atoms with Crippen molar-refractivity contribution in [2.75, 3.05) is 13.1 Å². The lowest BCUT2D eigenvalue weighted by Crippen LogP contribution is -2.58. The highest BCUT2D eigenvalue weighted by Gasteiger charge is 2.43. The van der Waals surface area contributed by atoms with Gasteiger partial charge in [0.2, 0.25) is 5.91 Å². The number of hydrogen-bond donors (Lipinski definition) is 0. The molecule has 0 N–H and O–H groups in total. The molecule has 1 saturated heterocycles. The van der Waals surface area contributed by atoms with Crippen LogP contribution in [0.3, 0.4) is 0 Å². The van der Waals surface area contributed by atoms with E-state index >= 15 is 0 Å². The quantitative estimate of drug-likeness (QED) is 0.466. The van der Waals surface area contributed by atoms with Crippen LogP contribution in [0.25, 0.3) is 0 Å². The Kier molecular flexibility index (Phi) is 2.76. The summed E-state index contributed by atoms with van der Waals surface area (Å²) in [5, 5.41) is 0. The van der Waals surface area contributed by atoms with E-state index in [-0.39, 0.29) is 5.41 Å². The second kappa shape index (κ2) is 3.46. The number of hydrogen-bond acceptors (Lipinski definition) is 1. The molecule has 0 aromatic heterocycles. The van der Waals surface area contributed by atoms with Crippen LogP contribution in [0.4, 0.5) is 0 Å². The van der Waals surface area contributed by atoms with Crippen LogP contribution >= 0.6 is 0 Å². The fraction of sp³-hybridized carbons (Fsp3) is 0.900. The average Bonchev–Trinajstić information content (AvgIpc) is 2.03. The van der Waals surface area contributed by atoms with Crippen LogP contribution in [0.2, 0.25) is 0 Å². The van der Waals surface area contributed by atoms with Gasteiger partial charge in [-0.1, -0.05) is 19.8 Å². The highest BCUT2D eigenvalue weighted by Crippen LogP contribution is 2.30. The van der Waals surface area contributed by atoms with Crippen molar-refractivity contribution >= 4 is 5.91 Å². The zero-order chi connectivity index (χ0) is 9.19. The van der Waals surface area contributed by atoms with Gasteiger partial charge in [-0.2, -0.15) is 0 Å². The highest BCUT2D eigenvalue weighted by molar-refractivity contribution is 5.87. The summed E-state index contributed by atoms with van der Waals surface area (Å²) in [6.45, 7) is 8.14. The van der Waals surface area contributed by atoms with Crippen molar-refractivity contribution in [2.24, 2.45) is 5.41 Å². The molecule has 0 saturated carbocycles. The molecular weight excluding hydrogens is 150 g/mol. The normalized spacial score (nSPS) is 20.9. The third-order valence-corrected chi connectivity index (χ3v) is 2.48. The van der Waals surface area contributed by atoms with E-state index in [1.807, 2.05) is 18.7 Å². The van der Waals surface area contributed by atoms with E-state index in [4.69, 9.17) is 0 Å². The van der Waals surface area contributed by atoms with Gasteiger partial charge in [-0.05, 0) is 20.3 Å². The molecule has 2 heteroatoms. The highest BCUT2D eigenvalue weighted by atomic mass is 16.2. The number of rotatable bonds is 4. The van der Waals surface area contributed by atoms with Crippen LogP contribution in [0.1, 0.15) is 40.0 Å². The summed E-state index contributed by atoms with van der Waals surface area (Å²) in [6, 6.07) is 0. The molecule has 0 aliphatic carbocycles. The van der Waals surface area contributed by atoms with Crippen LogP contribution in [-0.4, -0.2) is 23.9 Å². The Balaban J connectivity index is 2.18. The first-order valence-electron chi connectivity index (χ1n) is 4.87. The number of amides is 1. The minimum Gasteiger partial charge on any atom is -0.341 e. The lowest BCUT2D eigenvalue weighted by Gasteiger charge is -2.44. The second-order valence-corrected chi connectivity index (χ2v) is 4.32. The molecule has 70 valence electrons. The monoisotopic (exact) mass is 169 g/mol. The summed E-state index contributed by atoms with van der Waals surface area (Å²) in [5.74, 6) is 0.332. The number of carbonyl (C=O) groups is 1. The minimum absolute atomic E-state index is 0.0633. The molecule has 0 aromatic rings. The molecule has 1 aliphatic rings. The van der Waals surface area contributed by atoms with Gasteiger partial charge in [0.05, 0.1) is 5.41 Å². The van der Waals surface area contributed by atoms with E-state index in [1.54, 1.807) is 0 Å². The molecule has 1 amide bonds. The molecule has 0 unspecified atom stereocenters. The molecular formula is C10H19NO. The van der Waals surface area contributed by atoms with Crippen molar-refractivity contribution in [3.63, 3.8) is 0 Å². The number of carbonyl (C=O) groups excluding carboxylic acids is 1. The second-order valence-electron chi connectivity index (χ2n) is 4.32. The van der Waals surface area contributed by atoms with Crippen molar-refractivity contribution in [1.82, 2.24) is 4.90 Å². The first-order valence-corrected chi connectivity index (χ1v) is 4.87. The van der Waals surface area contributed by atoms with E-state index in [0.717, 1.165) is 13.1 Å². The van der Waals surface area contributed by atoms with E-state index in [9.17, 15) is 4.79 Å². The lowest BCUT2D eigenvalue weighted by molar-refractivity contribution is -0.156. The number of likely N-dealkylation sites (tertiary alicyclic amines) is 1. The first kappa shape index (κ1) is 9.56. The molecule has 1 fully saturated rings. The fourth-order valence-electron chi connectivity index (χ4n) is 1.69. The van der Waals surface area contributed by atoms with E-state index in [0.29, 0.717) is 5.91 Å². The number of β-lactam (4-membered cyclic amide) rings is 1. The maximum atomic E-state index is 11.4. The van der Waals surface area contributed by atoms with Crippen molar-refractivity contribution < 1.29 is 4.79 Å². The summed E-state index contributed by atoms with van der Waals surface area (Å²) in [4.78, 5) is 13.4. The standard InChI is InChI=1S/C10H19NO/c1-4-5-6-7-11-8-10(2,3)9(11)12/h4-8H2,1-3H3. The summed E-state index contributed by atoms with van der Waals surface area (Å²) in [7, 11) is 0. The molecule has 0 radical (unpaired) electrons. The predicted octanol–water partition coefficient (Wildman–Crippen LogP) is 2.04. The van der Waals surface area contributed by atoms with Gasteiger partial charge in [0.25, 0.3) is 0 Å². The third kappa shape index (κ3) is 1.79. The smallest absolute Gasteiger partial charge is 0.230 e. The lowest BCUT2D eigenvalue weighted by atomic mass is 9.83. The zero-order valence-corrected chi connectivity index (χ0v) is 8.39. The van der Waals surface area contributed by atoms with Crippen molar-refractivity contribution in [1.29, 1.82) is 0 Å². The molecule has 2 nitrogen and oxygen atoms in total. The fourth-order valence-corrected chi connectivity index (χ4v) is 1.69. The van der Waals surface area contributed by atoms with Gasteiger partial charge < -0.3 is 4.90 Å². The Hall–Kier alpha value is -0.530. The molecule has 1 rings (SSSR count). The Morgan fingerprint density at radius 3 is 2.50 bits per heavy atom. The Morgan fingerprint density at radius 1 is 1.42 bits per heavy atom. The molecule has 12 heavy (non-hydrogen) atoms. The Morgan fingerprint density at radius 2 is 2.08 bits per heavy atom. The van der Waals surface area contributed by atoms with Crippen molar-refractivity contribution in [3.05, 3.63) is 0 Å². The first-order chi connectivity index (χ1) is 5.58. The molecule has 0 spiro atoms. The topological polar surface area (TPSA) is 20.3 Å². The van der Waals surface area contributed by atoms with E-state index in [1.165, 1.54) is 19.3 Å². The average molecular weight is 169 g/mol. The van der Waals surface area contributed by atoms with Gasteiger partial charge in [-0.15, -0.1) is 0 Å². The molecule has 0 aromatic carbocycles. The summed E-state index contributed by atoms with van der Waals surface area (Å²) in [6.07, 6.45) is 3.63. The van der Waals surface area contributed by atoms with Crippen LogP contribution in [0.5, 0.6) is 0 Å². The van der Waals surface area contributed by atoms with Gasteiger partial charge >= 0.3 is 0 Å². The Bertz CT molecular complexity index is 175. The minimum atomic E-state index is -0.0633. The van der Waals surface area contributed by atoms with Crippen LogP contribution in [-0.2, 0) is 4.79 Å². The molecule has 0 atom stereocenters. The zero-order valence-electron chi connectivity index (χ0n) is 8.39. The Labute approximate surface area is 74.9 Å². The third-order valence-electron chi connectivity index (χ3n) is 2.48. The van der Waals surface area contributed by atoms with Crippen LogP contribution < -0.4 is 0 Å². The largest absolute Gasteiger partial charge is 0.341 e. The summed E-state index contributed by atoms with van der Waals surface area (Å²) >= 11 is 0. The predicted molar refractivity (Wildman–Crippen MR) is 49.9 cm³/mol.